The molecule has 0 aliphatic heterocycles. The van der Waals surface area contributed by atoms with Gasteiger partial charge in [0.25, 0.3) is 5.91 Å². The van der Waals surface area contributed by atoms with Gasteiger partial charge in [0.2, 0.25) is 0 Å². The molecule has 0 saturated heterocycles. The number of nitrogens with two attached hydrogens (primary N) is 1. The molecule has 0 unspecified atom stereocenters. The van der Waals surface area contributed by atoms with Crippen LogP contribution in [0.5, 0.6) is 5.75 Å². The topological polar surface area (TPSA) is 84.6 Å². The lowest BCUT2D eigenvalue weighted by molar-refractivity contribution is 0.0838. The number of aliphatic hydroxyl groups excluding tert-OH is 1. The van der Waals surface area contributed by atoms with Crippen LogP contribution in [0.15, 0.2) is 18.2 Å². The molecule has 19 heavy (non-hydrogen) atoms. The molecule has 0 atom stereocenters. The van der Waals surface area contributed by atoms with Crippen LogP contribution in [0.25, 0.3) is 0 Å². The molecular formula is C14H20N2O3. The van der Waals surface area contributed by atoms with Gasteiger partial charge in [-0.3, -0.25) is 4.79 Å². The number of aliphatic hydroxyl groups is 1. The summed E-state index contributed by atoms with van der Waals surface area (Å²) < 4.78 is 5.10. The number of nitrogens with one attached hydrogen (secondary N) is 1. The molecule has 0 spiro atoms. The maximum absolute atomic E-state index is 12.3. The van der Waals surface area contributed by atoms with Crippen molar-refractivity contribution < 1.29 is 14.6 Å². The minimum absolute atomic E-state index is 0.0296. The molecule has 1 aromatic carbocycles. The molecule has 5 nitrogen and oxygen atoms in total. The van der Waals surface area contributed by atoms with E-state index in [-0.39, 0.29) is 12.5 Å². The van der Waals surface area contributed by atoms with Crippen LogP contribution >= 0.6 is 0 Å². The van der Waals surface area contributed by atoms with Gasteiger partial charge in [-0.2, -0.15) is 0 Å². The van der Waals surface area contributed by atoms with Gasteiger partial charge in [0, 0.05) is 17.3 Å². The van der Waals surface area contributed by atoms with E-state index in [1.807, 2.05) is 0 Å². The van der Waals surface area contributed by atoms with Crippen molar-refractivity contribution in [3.05, 3.63) is 23.8 Å². The minimum atomic E-state index is -0.477. The Morgan fingerprint density at radius 2 is 2.11 bits per heavy atom. The number of hydrogen-bond donors (Lipinski definition) is 3. The average molecular weight is 264 g/mol. The maximum Gasteiger partial charge on any atom is 0.252 e. The molecule has 104 valence electrons. The first kappa shape index (κ1) is 13.7. The van der Waals surface area contributed by atoms with Crippen LogP contribution in [0, 0.1) is 0 Å². The Kier molecular flexibility index (Phi) is 3.95. The lowest BCUT2D eigenvalue weighted by atomic mass is 9.98. The molecule has 0 aromatic heterocycles. The van der Waals surface area contributed by atoms with Crippen molar-refractivity contribution in [1.82, 2.24) is 5.32 Å². The van der Waals surface area contributed by atoms with Gasteiger partial charge in [0.1, 0.15) is 5.75 Å². The molecule has 1 aliphatic carbocycles. The molecule has 4 N–H and O–H groups in total. The van der Waals surface area contributed by atoms with Gasteiger partial charge in [-0.25, -0.2) is 0 Å². The van der Waals surface area contributed by atoms with Crippen LogP contribution in [-0.4, -0.2) is 30.3 Å². The van der Waals surface area contributed by atoms with Crippen molar-refractivity contribution >= 4 is 11.6 Å². The molecule has 1 amide bonds. The quantitative estimate of drug-likeness (QED) is 0.716. The van der Waals surface area contributed by atoms with Gasteiger partial charge in [-0.15, -0.1) is 0 Å². The maximum atomic E-state index is 12.3. The molecule has 1 fully saturated rings. The summed E-state index contributed by atoms with van der Waals surface area (Å²) in [5.41, 5.74) is 6.20. The minimum Gasteiger partial charge on any atom is -0.497 e. The number of anilines is 1. The Hall–Kier alpha value is -1.75. The lowest BCUT2D eigenvalue weighted by Crippen LogP contribution is -2.49. The fourth-order valence-electron chi connectivity index (χ4n) is 2.56. The van der Waals surface area contributed by atoms with Crippen molar-refractivity contribution in [2.45, 2.75) is 31.2 Å². The summed E-state index contributed by atoms with van der Waals surface area (Å²) in [5, 5.41) is 12.4. The monoisotopic (exact) mass is 264 g/mol. The van der Waals surface area contributed by atoms with E-state index in [1.165, 1.54) is 7.11 Å². The second kappa shape index (κ2) is 5.48. The van der Waals surface area contributed by atoms with E-state index in [2.05, 4.69) is 5.32 Å². The van der Waals surface area contributed by atoms with Gasteiger partial charge in [-0.1, -0.05) is 12.8 Å². The zero-order chi connectivity index (χ0) is 13.9. The third kappa shape index (κ3) is 2.98. The van der Waals surface area contributed by atoms with Crippen LogP contribution < -0.4 is 15.8 Å². The summed E-state index contributed by atoms with van der Waals surface area (Å²) in [4.78, 5) is 12.3. The second-order valence-corrected chi connectivity index (χ2v) is 5.09. The van der Waals surface area contributed by atoms with Crippen LogP contribution in [0.4, 0.5) is 5.69 Å². The highest BCUT2D eigenvalue weighted by Gasteiger charge is 2.34. The van der Waals surface area contributed by atoms with Gasteiger partial charge in [0.15, 0.2) is 0 Å². The molecule has 2 rings (SSSR count). The summed E-state index contributed by atoms with van der Waals surface area (Å²) in [6, 6.07) is 4.91. The van der Waals surface area contributed by atoms with E-state index in [0.29, 0.717) is 17.0 Å². The van der Waals surface area contributed by atoms with Crippen molar-refractivity contribution in [2.75, 3.05) is 19.5 Å². The summed E-state index contributed by atoms with van der Waals surface area (Å²) in [6.07, 6.45) is 3.69. The van der Waals surface area contributed by atoms with Crippen molar-refractivity contribution in [3.8, 4) is 5.75 Å². The number of ether oxygens (including phenoxy) is 1. The van der Waals surface area contributed by atoms with Crippen LogP contribution in [-0.2, 0) is 0 Å². The highest BCUT2D eigenvalue weighted by atomic mass is 16.5. The van der Waals surface area contributed by atoms with Gasteiger partial charge in [0.05, 0.1) is 19.3 Å². The number of carbonyl (C=O) groups excluding carboxylic acids is 1. The highest BCUT2D eigenvalue weighted by Crippen LogP contribution is 2.29. The number of hydrogen-bond acceptors (Lipinski definition) is 4. The van der Waals surface area contributed by atoms with Gasteiger partial charge in [-0.05, 0) is 25.0 Å². The Morgan fingerprint density at radius 1 is 1.42 bits per heavy atom. The van der Waals surface area contributed by atoms with E-state index >= 15 is 0 Å². The van der Waals surface area contributed by atoms with E-state index in [4.69, 9.17) is 10.5 Å². The van der Waals surface area contributed by atoms with Crippen molar-refractivity contribution in [1.29, 1.82) is 0 Å². The zero-order valence-electron chi connectivity index (χ0n) is 11.1. The molecule has 1 saturated carbocycles. The Labute approximate surface area is 112 Å². The van der Waals surface area contributed by atoms with Crippen LogP contribution in [0.3, 0.4) is 0 Å². The molecule has 5 heteroatoms. The Balaban J connectivity index is 2.17. The first-order chi connectivity index (χ1) is 9.08. The number of carbonyl (C=O) groups is 1. The van der Waals surface area contributed by atoms with Gasteiger partial charge < -0.3 is 20.9 Å². The normalized spacial score (nSPS) is 17.2. The second-order valence-electron chi connectivity index (χ2n) is 5.09. The first-order valence-corrected chi connectivity index (χ1v) is 6.46. The SMILES string of the molecule is COc1cc(N)cc(C(=O)NC2(CO)CCCC2)c1. The van der Waals surface area contributed by atoms with Crippen LogP contribution in [0.2, 0.25) is 0 Å². The number of rotatable bonds is 4. The number of methoxy groups -OCH3 is 1. The lowest BCUT2D eigenvalue weighted by Gasteiger charge is -2.28. The molecule has 1 aromatic rings. The summed E-state index contributed by atoms with van der Waals surface area (Å²) >= 11 is 0. The highest BCUT2D eigenvalue weighted by molar-refractivity contribution is 5.96. The molecule has 0 bridgehead atoms. The van der Waals surface area contributed by atoms with Crippen LogP contribution in [0.1, 0.15) is 36.0 Å². The third-order valence-electron chi connectivity index (χ3n) is 3.67. The Morgan fingerprint density at radius 3 is 2.68 bits per heavy atom. The van der Waals surface area contributed by atoms with Crippen molar-refractivity contribution in [2.24, 2.45) is 0 Å². The largest absolute Gasteiger partial charge is 0.497 e. The van der Waals surface area contributed by atoms with E-state index in [1.54, 1.807) is 18.2 Å². The predicted octanol–water partition coefficient (Wildman–Crippen LogP) is 1.31. The molecular weight excluding hydrogens is 244 g/mol. The summed E-state index contributed by atoms with van der Waals surface area (Å²) in [5.74, 6) is 0.330. The Bertz CT molecular complexity index is 468. The first-order valence-electron chi connectivity index (χ1n) is 6.46. The van der Waals surface area contributed by atoms with E-state index < -0.39 is 5.54 Å². The van der Waals surface area contributed by atoms with Crippen molar-refractivity contribution in [3.63, 3.8) is 0 Å². The molecule has 1 aliphatic rings. The fraction of sp³-hybridized carbons (Fsp3) is 0.500. The molecule has 0 radical (unpaired) electrons. The number of nitrogen functional groups attached to an aromatic ring is 1. The summed E-state index contributed by atoms with van der Waals surface area (Å²) in [6.45, 7) is -0.0296. The molecule has 0 heterocycles. The van der Waals surface area contributed by atoms with E-state index in [0.717, 1.165) is 25.7 Å². The number of amides is 1. The zero-order valence-corrected chi connectivity index (χ0v) is 11.1. The van der Waals surface area contributed by atoms with Gasteiger partial charge >= 0.3 is 0 Å². The fourth-order valence-corrected chi connectivity index (χ4v) is 2.56. The third-order valence-corrected chi connectivity index (χ3v) is 3.67. The predicted molar refractivity (Wildman–Crippen MR) is 73.2 cm³/mol. The number of benzene rings is 1. The average Bonchev–Trinajstić information content (AvgIpc) is 2.87. The summed E-state index contributed by atoms with van der Waals surface area (Å²) in [7, 11) is 1.53. The van der Waals surface area contributed by atoms with E-state index in [9.17, 15) is 9.90 Å². The smallest absolute Gasteiger partial charge is 0.252 e. The standard InChI is InChI=1S/C14H20N2O3/c1-19-12-7-10(6-11(15)8-12)13(18)16-14(9-17)4-2-3-5-14/h6-8,17H,2-5,9,15H2,1H3,(H,16,18).